The highest BCUT2D eigenvalue weighted by Gasteiger charge is 2.29. The summed E-state index contributed by atoms with van der Waals surface area (Å²) in [6.07, 6.45) is 2.60. The highest BCUT2D eigenvalue weighted by Crippen LogP contribution is 2.25. The highest BCUT2D eigenvalue weighted by molar-refractivity contribution is 7.89. The smallest absolute Gasteiger partial charge is 0.245 e. The van der Waals surface area contributed by atoms with Crippen LogP contribution in [0.3, 0.4) is 0 Å². The van der Waals surface area contributed by atoms with Gasteiger partial charge in [-0.15, -0.1) is 11.3 Å². The van der Waals surface area contributed by atoms with E-state index < -0.39 is 10.0 Å². The predicted octanol–water partition coefficient (Wildman–Crippen LogP) is 2.04. The van der Waals surface area contributed by atoms with Crippen molar-refractivity contribution in [1.29, 1.82) is 0 Å². The molecule has 0 aliphatic carbocycles. The van der Waals surface area contributed by atoms with Crippen molar-refractivity contribution in [2.75, 3.05) is 26.2 Å². The number of hydrogen-bond donors (Lipinski definition) is 0. The zero-order valence-corrected chi connectivity index (χ0v) is 15.9. The number of benzene rings is 1. The summed E-state index contributed by atoms with van der Waals surface area (Å²) in [5, 5.41) is 3.03. The number of rotatable bonds is 4. The molecule has 0 bridgehead atoms. The van der Waals surface area contributed by atoms with Crippen molar-refractivity contribution in [2.24, 2.45) is 0 Å². The van der Waals surface area contributed by atoms with Gasteiger partial charge in [0.15, 0.2) is 0 Å². The van der Waals surface area contributed by atoms with Gasteiger partial charge in [0.2, 0.25) is 10.0 Å². The molecular weight excluding hydrogens is 378 g/mol. The monoisotopic (exact) mass is 395 g/mol. The van der Waals surface area contributed by atoms with Crippen LogP contribution in [0.25, 0.3) is 11.0 Å². The second-order valence-electron chi connectivity index (χ2n) is 5.85. The number of thiazole rings is 1. The number of fused-ring (bicyclic) bond motifs is 1. The molecule has 1 saturated heterocycles. The average molecular weight is 396 g/mol. The lowest BCUT2D eigenvalue weighted by atomic mass is 10.3. The Morgan fingerprint density at radius 3 is 2.88 bits per heavy atom. The first-order chi connectivity index (χ1) is 12.1. The molecular formula is C15H17N5O2S3. The number of sulfonamides is 1. The van der Waals surface area contributed by atoms with Crippen LogP contribution in [-0.2, 0) is 16.6 Å². The number of aromatic nitrogens is 3. The molecule has 0 radical (unpaired) electrons. The molecule has 1 aliphatic heterocycles. The fourth-order valence-electron chi connectivity index (χ4n) is 3.00. The van der Waals surface area contributed by atoms with Crippen molar-refractivity contribution in [3.8, 4) is 0 Å². The Morgan fingerprint density at radius 1 is 1.12 bits per heavy atom. The van der Waals surface area contributed by atoms with Crippen molar-refractivity contribution in [1.82, 2.24) is 22.9 Å². The van der Waals surface area contributed by atoms with Gasteiger partial charge in [-0.3, -0.25) is 4.90 Å². The van der Waals surface area contributed by atoms with E-state index in [1.54, 1.807) is 40.0 Å². The van der Waals surface area contributed by atoms with Crippen molar-refractivity contribution in [3.63, 3.8) is 0 Å². The zero-order valence-electron chi connectivity index (χ0n) is 13.4. The second kappa shape index (κ2) is 7.04. The van der Waals surface area contributed by atoms with Gasteiger partial charge in [0, 0.05) is 31.2 Å². The van der Waals surface area contributed by atoms with Crippen LogP contribution in [0.2, 0.25) is 0 Å². The van der Waals surface area contributed by atoms with Gasteiger partial charge in [-0.2, -0.15) is 13.1 Å². The van der Waals surface area contributed by atoms with Crippen molar-refractivity contribution < 1.29 is 8.42 Å². The van der Waals surface area contributed by atoms with E-state index in [9.17, 15) is 8.42 Å². The lowest BCUT2D eigenvalue weighted by Gasteiger charge is -2.21. The molecule has 25 heavy (non-hydrogen) atoms. The Balaban J connectivity index is 1.54. The van der Waals surface area contributed by atoms with Gasteiger partial charge in [0.05, 0.1) is 18.3 Å². The summed E-state index contributed by atoms with van der Waals surface area (Å²) in [6.45, 7) is 3.33. The van der Waals surface area contributed by atoms with Gasteiger partial charge in [-0.1, -0.05) is 6.07 Å². The van der Waals surface area contributed by atoms with Crippen LogP contribution in [0.1, 0.15) is 11.4 Å². The molecule has 2 aromatic heterocycles. The normalized spacial score (nSPS) is 17.8. The molecule has 1 fully saturated rings. The van der Waals surface area contributed by atoms with E-state index in [-0.39, 0.29) is 4.90 Å². The largest absolute Gasteiger partial charge is 0.295 e. The van der Waals surface area contributed by atoms with Gasteiger partial charge in [-0.05, 0) is 25.1 Å². The van der Waals surface area contributed by atoms with Crippen LogP contribution < -0.4 is 0 Å². The van der Waals surface area contributed by atoms with Crippen LogP contribution in [0.5, 0.6) is 0 Å². The molecule has 0 N–H and O–H groups in total. The first kappa shape index (κ1) is 17.0. The lowest BCUT2D eigenvalue weighted by Crippen LogP contribution is -2.35. The van der Waals surface area contributed by atoms with Gasteiger partial charge < -0.3 is 0 Å². The predicted molar refractivity (Wildman–Crippen MR) is 98.2 cm³/mol. The van der Waals surface area contributed by atoms with Crippen LogP contribution in [0.15, 0.2) is 34.7 Å². The number of hydrogen-bond acceptors (Lipinski definition) is 8. The van der Waals surface area contributed by atoms with Crippen LogP contribution in [0, 0.1) is 0 Å². The molecule has 132 valence electrons. The minimum Gasteiger partial charge on any atom is -0.295 e. The molecule has 4 rings (SSSR count). The molecule has 0 amide bonds. The van der Waals surface area contributed by atoms with Crippen molar-refractivity contribution in [3.05, 3.63) is 34.8 Å². The lowest BCUT2D eigenvalue weighted by molar-refractivity contribution is 0.278. The Bertz CT molecular complexity index is 955. The van der Waals surface area contributed by atoms with Crippen molar-refractivity contribution in [2.45, 2.75) is 17.9 Å². The molecule has 10 heteroatoms. The van der Waals surface area contributed by atoms with E-state index in [0.29, 0.717) is 30.7 Å². The minimum absolute atomic E-state index is 0.257. The van der Waals surface area contributed by atoms with Crippen LogP contribution in [-0.4, -0.2) is 57.5 Å². The summed E-state index contributed by atoms with van der Waals surface area (Å²) in [6, 6.07) is 5.14. The summed E-state index contributed by atoms with van der Waals surface area (Å²) in [7, 11) is -3.57. The van der Waals surface area contributed by atoms with E-state index in [2.05, 4.69) is 18.6 Å². The Morgan fingerprint density at radius 2 is 2.04 bits per heavy atom. The molecule has 1 aromatic carbocycles. The zero-order chi connectivity index (χ0) is 17.3. The quantitative estimate of drug-likeness (QED) is 0.673. The number of nitrogens with zero attached hydrogens (tertiary/aromatic N) is 5. The molecule has 1 aliphatic rings. The summed E-state index contributed by atoms with van der Waals surface area (Å²) in [4.78, 5) is 6.84. The first-order valence-electron chi connectivity index (χ1n) is 7.97. The standard InChI is InChI=1S/C15H17N5O2S3/c21-25(22,13-4-1-3-12-15(13)18-24-17-12)20-7-2-6-19(8-9-20)11-14-16-5-10-23-14/h1,3-5,10H,2,6-9,11H2. The van der Waals surface area contributed by atoms with Gasteiger partial charge in [0.1, 0.15) is 20.9 Å². The van der Waals surface area contributed by atoms with E-state index in [4.69, 9.17) is 0 Å². The SMILES string of the molecule is O=S(=O)(c1cccc2nsnc12)N1CCCN(Cc2nccs2)CC1. The maximum atomic E-state index is 13.1. The maximum absolute atomic E-state index is 13.1. The van der Waals surface area contributed by atoms with Crippen LogP contribution in [0.4, 0.5) is 0 Å². The van der Waals surface area contributed by atoms with Crippen molar-refractivity contribution >= 4 is 44.1 Å². The molecule has 3 aromatic rings. The van der Waals surface area contributed by atoms with E-state index in [1.165, 1.54) is 0 Å². The summed E-state index contributed by atoms with van der Waals surface area (Å²) < 4.78 is 36.1. The molecule has 0 unspecified atom stereocenters. The van der Waals surface area contributed by atoms with E-state index in [1.807, 2.05) is 5.38 Å². The van der Waals surface area contributed by atoms with E-state index in [0.717, 1.165) is 36.2 Å². The molecule has 0 saturated carbocycles. The molecule has 0 atom stereocenters. The molecule has 0 spiro atoms. The summed E-state index contributed by atoms with van der Waals surface area (Å²) in [5.41, 5.74) is 1.10. The van der Waals surface area contributed by atoms with Gasteiger partial charge >= 0.3 is 0 Å². The fraction of sp³-hybridized carbons (Fsp3) is 0.400. The Kier molecular flexibility index (Phi) is 4.78. The highest BCUT2D eigenvalue weighted by atomic mass is 32.2. The maximum Gasteiger partial charge on any atom is 0.245 e. The fourth-order valence-corrected chi connectivity index (χ4v) is 5.88. The van der Waals surface area contributed by atoms with E-state index >= 15 is 0 Å². The average Bonchev–Trinajstić information content (AvgIpc) is 3.22. The van der Waals surface area contributed by atoms with Gasteiger partial charge in [-0.25, -0.2) is 13.4 Å². The first-order valence-corrected chi connectivity index (χ1v) is 11.0. The van der Waals surface area contributed by atoms with Crippen LogP contribution >= 0.6 is 23.1 Å². The Labute approximate surface area is 154 Å². The summed E-state index contributed by atoms with van der Waals surface area (Å²) in [5.74, 6) is 0. The molecule has 3 heterocycles. The van der Waals surface area contributed by atoms with Gasteiger partial charge in [0.25, 0.3) is 0 Å². The minimum atomic E-state index is -3.57. The topological polar surface area (TPSA) is 79.3 Å². The third kappa shape index (κ3) is 3.44. The molecule has 7 nitrogen and oxygen atoms in total. The third-order valence-electron chi connectivity index (χ3n) is 4.26. The third-order valence-corrected chi connectivity index (χ3v) is 7.49. The Hall–Kier alpha value is -1.46. The summed E-state index contributed by atoms with van der Waals surface area (Å²) >= 11 is 2.67. The second-order valence-corrected chi connectivity index (χ2v) is 9.26.